The lowest BCUT2D eigenvalue weighted by Gasteiger charge is -2.28. The SMILES string of the molecule is COc1ccc(C2(O)OC(=O)C(C3=CCOO3)=C2CC2CCCCCC2)cc1. The summed E-state index contributed by atoms with van der Waals surface area (Å²) in [7, 11) is 1.58. The molecule has 1 N–H and O–H groups in total. The Kier molecular flexibility index (Phi) is 5.42. The molecule has 0 aromatic heterocycles. The predicted molar refractivity (Wildman–Crippen MR) is 101 cm³/mol. The number of hydrogen-bond donors (Lipinski definition) is 1. The van der Waals surface area contributed by atoms with Crippen molar-refractivity contribution in [1.29, 1.82) is 0 Å². The molecular weight excluding hydrogens is 360 g/mol. The molecule has 1 unspecified atom stereocenters. The van der Waals surface area contributed by atoms with Crippen LogP contribution < -0.4 is 4.74 Å². The van der Waals surface area contributed by atoms with Crippen LogP contribution in [0.1, 0.15) is 50.5 Å². The standard InChI is InChI=1S/C22H26O6/c1-25-17-10-8-16(9-11-17)22(24)18(14-15-6-4-2-3-5-7-15)20(21(23)27-22)19-12-13-26-28-19/h8-12,15,24H,2-7,13-14H2,1H3. The molecule has 0 spiro atoms. The van der Waals surface area contributed by atoms with E-state index in [0.717, 1.165) is 12.8 Å². The molecule has 0 bridgehead atoms. The highest BCUT2D eigenvalue weighted by Crippen LogP contribution is 2.46. The van der Waals surface area contributed by atoms with E-state index in [-0.39, 0.29) is 6.61 Å². The average molecular weight is 386 g/mol. The summed E-state index contributed by atoms with van der Waals surface area (Å²) >= 11 is 0. The third-order valence-corrected chi connectivity index (χ3v) is 5.84. The van der Waals surface area contributed by atoms with Crippen LogP contribution in [0.4, 0.5) is 0 Å². The average Bonchev–Trinajstić information content (AvgIpc) is 3.21. The number of carbonyl (C=O) groups excluding carboxylic acids is 1. The van der Waals surface area contributed by atoms with E-state index in [4.69, 9.17) is 19.2 Å². The predicted octanol–water partition coefficient (Wildman–Crippen LogP) is 3.90. The molecule has 4 rings (SSSR count). The van der Waals surface area contributed by atoms with Crippen molar-refractivity contribution in [1.82, 2.24) is 0 Å². The van der Waals surface area contributed by atoms with Gasteiger partial charge >= 0.3 is 5.97 Å². The molecular formula is C22H26O6. The number of carbonyl (C=O) groups is 1. The first-order chi connectivity index (χ1) is 13.6. The van der Waals surface area contributed by atoms with Crippen LogP contribution in [0.3, 0.4) is 0 Å². The highest BCUT2D eigenvalue weighted by atomic mass is 17.2. The zero-order chi connectivity index (χ0) is 19.6. The van der Waals surface area contributed by atoms with Crippen LogP contribution in [0.5, 0.6) is 5.75 Å². The number of rotatable bonds is 5. The van der Waals surface area contributed by atoms with Gasteiger partial charge in [-0.2, -0.15) is 4.89 Å². The zero-order valence-corrected chi connectivity index (χ0v) is 16.1. The quantitative estimate of drug-likeness (QED) is 0.470. The normalized spacial score (nSPS) is 25.9. The van der Waals surface area contributed by atoms with E-state index in [0.29, 0.717) is 40.6 Å². The molecule has 0 saturated heterocycles. The Morgan fingerprint density at radius 2 is 1.86 bits per heavy atom. The maximum atomic E-state index is 12.8. The Morgan fingerprint density at radius 1 is 1.14 bits per heavy atom. The monoisotopic (exact) mass is 386 g/mol. The maximum Gasteiger partial charge on any atom is 0.345 e. The van der Waals surface area contributed by atoms with Gasteiger partial charge in [0.25, 0.3) is 5.79 Å². The Morgan fingerprint density at radius 3 is 2.46 bits per heavy atom. The largest absolute Gasteiger partial charge is 0.497 e. The fourth-order valence-corrected chi connectivity index (χ4v) is 4.32. The van der Waals surface area contributed by atoms with Crippen LogP contribution in [0.15, 0.2) is 47.2 Å². The lowest BCUT2D eigenvalue weighted by Crippen LogP contribution is -2.29. The van der Waals surface area contributed by atoms with Crippen LogP contribution in [-0.2, 0) is 25.1 Å². The van der Waals surface area contributed by atoms with Gasteiger partial charge in [0, 0.05) is 11.1 Å². The van der Waals surface area contributed by atoms with E-state index < -0.39 is 11.8 Å². The van der Waals surface area contributed by atoms with Gasteiger partial charge in [-0.05, 0) is 42.7 Å². The molecule has 0 radical (unpaired) electrons. The van der Waals surface area contributed by atoms with E-state index in [9.17, 15) is 9.90 Å². The second-order valence-corrected chi connectivity index (χ2v) is 7.61. The summed E-state index contributed by atoms with van der Waals surface area (Å²) in [5, 5.41) is 11.5. The Labute approximate surface area is 164 Å². The van der Waals surface area contributed by atoms with Gasteiger partial charge < -0.3 is 19.5 Å². The minimum absolute atomic E-state index is 0.268. The van der Waals surface area contributed by atoms with Crippen molar-refractivity contribution < 1.29 is 29.1 Å². The lowest BCUT2D eigenvalue weighted by atomic mass is 9.84. The minimum Gasteiger partial charge on any atom is -0.497 e. The first-order valence-electron chi connectivity index (χ1n) is 9.95. The molecule has 2 heterocycles. The van der Waals surface area contributed by atoms with Gasteiger partial charge in [-0.3, -0.25) is 0 Å². The van der Waals surface area contributed by atoms with Gasteiger partial charge in [-0.25, -0.2) is 4.79 Å². The molecule has 1 fully saturated rings. The van der Waals surface area contributed by atoms with Crippen molar-refractivity contribution in [3.05, 3.63) is 52.8 Å². The summed E-state index contributed by atoms with van der Waals surface area (Å²) in [6.45, 7) is 0.268. The summed E-state index contributed by atoms with van der Waals surface area (Å²) < 4.78 is 10.7. The molecule has 28 heavy (non-hydrogen) atoms. The molecule has 6 heteroatoms. The van der Waals surface area contributed by atoms with Crippen molar-refractivity contribution in [2.75, 3.05) is 13.7 Å². The van der Waals surface area contributed by atoms with E-state index in [1.54, 1.807) is 37.5 Å². The summed E-state index contributed by atoms with van der Waals surface area (Å²) in [5.74, 6) is -0.995. The zero-order valence-electron chi connectivity index (χ0n) is 16.1. The molecule has 2 aliphatic heterocycles. The molecule has 1 aromatic rings. The molecule has 0 amide bonds. The van der Waals surface area contributed by atoms with E-state index in [1.807, 2.05) is 0 Å². The first kappa shape index (κ1) is 19.0. The fourth-order valence-electron chi connectivity index (χ4n) is 4.32. The van der Waals surface area contributed by atoms with Crippen molar-refractivity contribution >= 4 is 5.97 Å². The van der Waals surface area contributed by atoms with Gasteiger partial charge in [-0.1, -0.05) is 38.5 Å². The molecule has 1 atom stereocenters. The topological polar surface area (TPSA) is 74.2 Å². The number of esters is 1. The van der Waals surface area contributed by atoms with E-state index in [1.165, 1.54) is 25.7 Å². The van der Waals surface area contributed by atoms with Gasteiger partial charge in [0.2, 0.25) is 0 Å². The molecule has 1 saturated carbocycles. The second-order valence-electron chi connectivity index (χ2n) is 7.61. The molecule has 1 aliphatic carbocycles. The van der Waals surface area contributed by atoms with Gasteiger partial charge in [0.05, 0.1) is 7.11 Å². The lowest BCUT2D eigenvalue weighted by molar-refractivity contribution is -0.231. The van der Waals surface area contributed by atoms with E-state index in [2.05, 4.69) is 0 Å². The fraction of sp³-hybridized carbons (Fsp3) is 0.500. The minimum atomic E-state index is -1.81. The van der Waals surface area contributed by atoms with Crippen LogP contribution in [0, 0.1) is 5.92 Å². The number of cyclic esters (lactones) is 1. The van der Waals surface area contributed by atoms with Crippen molar-refractivity contribution in [3.8, 4) is 5.75 Å². The number of aliphatic hydroxyl groups is 1. The third-order valence-electron chi connectivity index (χ3n) is 5.84. The number of ether oxygens (including phenoxy) is 2. The van der Waals surface area contributed by atoms with Crippen LogP contribution in [0.2, 0.25) is 0 Å². The Hall–Kier alpha value is -2.31. The summed E-state index contributed by atoms with van der Waals surface area (Å²) in [6.07, 6.45) is 9.27. The van der Waals surface area contributed by atoms with Gasteiger partial charge in [0.15, 0.2) is 5.76 Å². The van der Waals surface area contributed by atoms with Crippen LogP contribution >= 0.6 is 0 Å². The third kappa shape index (κ3) is 3.54. The van der Waals surface area contributed by atoms with Crippen molar-refractivity contribution in [3.63, 3.8) is 0 Å². The second kappa shape index (κ2) is 7.97. The molecule has 150 valence electrons. The van der Waals surface area contributed by atoms with Gasteiger partial charge in [-0.15, -0.1) is 0 Å². The van der Waals surface area contributed by atoms with Crippen molar-refractivity contribution in [2.24, 2.45) is 5.92 Å². The Bertz CT molecular complexity index is 786. The smallest absolute Gasteiger partial charge is 0.345 e. The first-order valence-corrected chi connectivity index (χ1v) is 9.95. The van der Waals surface area contributed by atoms with Crippen molar-refractivity contribution in [2.45, 2.75) is 50.7 Å². The molecule has 3 aliphatic rings. The Balaban J connectivity index is 1.74. The highest BCUT2D eigenvalue weighted by Gasteiger charge is 2.50. The van der Waals surface area contributed by atoms with Gasteiger partial charge in [0.1, 0.15) is 17.9 Å². The number of benzene rings is 1. The van der Waals surface area contributed by atoms with E-state index >= 15 is 0 Å². The molecule has 6 nitrogen and oxygen atoms in total. The highest BCUT2D eigenvalue weighted by molar-refractivity contribution is 5.97. The summed E-state index contributed by atoms with van der Waals surface area (Å²) in [4.78, 5) is 22.9. The van der Waals surface area contributed by atoms with Crippen LogP contribution in [0.25, 0.3) is 0 Å². The van der Waals surface area contributed by atoms with Crippen LogP contribution in [-0.4, -0.2) is 24.8 Å². The number of hydrogen-bond acceptors (Lipinski definition) is 6. The molecule has 1 aromatic carbocycles. The number of methoxy groups -OCH3 is 1. The summed E-state index contributed by atoms with van der Waals surface area (Å²) in [6, 6.07) is 6.94. The maximum absolute atomic E-state index is 12.8. The summed E-state index contributed by atoms with van der Waals surface area (Å²) in [5.41, 5.74) is 1.35.